The Morgan fingerprint density at radius 3 is 2.64 bits per heavy atom. The normalized spacial score (nSPS) is 11.7. The number of hydrazone groups is 1. The number of hydrogen-bond acceptors (Lipinski definition) is 5. The van der Waals surface area contributed by atoms with E-state index in [1.54, 1.807) is 13.8 Å². The van der Waals surface area contributed by atoms with Crippen molar-refractivity contribution < 1.29 is 27.5 Å². The van der Waals surface area contributed by atoms with Gasteiger partial charge in [0.25, 0.3) is 0 Å². The standard InChI is InChI=1S/C14H17F3N2O3/c1-3-21-13(20)8-9-18-19(22-4-2)12-7-5-6-11(10-12)14(15,16)17/h5-7,9-10H,3-4,8H2,1-2H3. The lowest BCUT2D eigenvalue weighted by molar-refractivity contribution is -0.141. The first-order valence-electron chi connectivity index (χ1n) is 6.66. The number of carbonyl (C=O) groups is 1. The Morgan fingerprint density at radius 2 is 2.05 bits per heavy atom. The van der Waals surface area contributed by atoms with Gasteiger partial charge in [0, 0.05) is 6.21 Å². The highest BCUT2D eigenvalue weighted by Crippen LogP contribution is 2.31. The molecule has 22 heavy (non-hydrogen) atoms. The molecule has 0 aliphatic heterocycles. The highest BCUT2D eigenvalue weighted by atomic mass is 19.4. The molecule has 5 nitrogen and oxygen atoms in total. The van der Waals surface area contributed by atoms with Crippen molar-refractivity contribution in [2.45, 2.75) is 26.4 Å². The Kier molecular flexibility index (Phi) is 6.84. The molecule has 1 aromatic carbocycles. The lowest BCUT2D eigenvalue weighted by Gasteiger charge is -2.18. The van der Waals surface area contributed by atoms with Crippen molar-refractivity contribution >= 4 is 17.9 Å². The number of esters is 1. The van der Waals surface area contributed by atoms with Gasteiger partial charge in [-0.15, -0.1) is 5.17 Å². The van der Waals surface area contributed by atoms with Gasteiger partial charge in [-0.2, -0.15) is 18.3 Å². The second-order valence-corrected chi connectivity index (χ2v) is 4.05. The summed E-state index contributed by atoms with van der Waals surface area (Å²) < 4.78 is 42.8. The molecule has 122 valence electrons. The van der Waals surface area contributed by atoms with E-state index >= 15 is 0 Å². The first-order chi connectivity index (χ1) is 10.4. The smallest absolute Gasteiger partial charge is 0.416 e. The van der Waals surface area contributed by atoms with Crippen LogP contribution >= 0.6 is 0 Å². The summed E-state index contributed by atoms with van der Waals surface area (Å²) in [7, 11) is 0. The number of nitrogens with zero attached hydrogens (tertiary/aromatic N) is 2. The molecule has 0 N–H and O–H groups in total. The predicted octanol–water partition coefficient (Wildman–Crippen LogP) is 3.40. The number of halogens is 3. The van der Waals surface area contributed by atoms with Crippen molar-refractivity contribution in [1.82, 2.24) is 0 Å². The fraction of sp³-hybridized carbons (Fsp3) is 0.429. The van der Waals surface area contributed by atoms with E-state index in [2.05, 4.69) is 5.10 Å². The molecule has 0 radical (unpaired) electrons. The SMILES string of the molecule is CCOC(=O)CC=NN(OCC)c1cccc(C(F)(F)F)c1. The fourth-order valence-corrected chi connectivity index (χ4v) is 1.51. The Labute approximate surface area is 126 Å². The molecule has 0 unspecified atom stereocenters. The number of carbonyl (C=O) groups excluding carboxylic acids is 1. The molecule has 0 bridgehead atoms. The first kappa shape index (κ1) is 18.0. The second-order valence-electron chi connectivity index (χ2n) is 4.05. The van der Waals surface area contributed by atoms with Crippen LogP contribution in [0.1, 0.15) is 25.8 Å². The van der Waals surface area contributed by atoms with Crippen LogP contribution < -0.4 is 5.17 Å². The van der Waals surface area contributed by atoms with Gasteiger partial charge in [0.1, 0.15) is 0 Å². The molecule has 0 saturated heterocycles. The maximum absolute atomic E-state index is 12.7. The minimum atomic E-state index is -4.46. The van der Waals surface area contributed by atoms with Gasteiger partial charge in [-0.1, -0.05) is 6.07 Å². The van der Waals surface area contributed by atoms with E-state index in [-0.39, 0.29) is 25.3 Å². The number of rotatable bonds is 7. The van der Waals surface area contributed by atoms with E-state index in [1.807, 2.05) is 0 Å². The van der Waals surface area contributed by atoms with Crippen LogP contribution in [0.4, 0.5) is 18.9 Å². The molecule has 8 heteroatoms. The Hall–Kier alpha value is -2.09. The van der Waals surface area contributed by atoms with Crippen molar-refractivity contribution in [3.63, 3.8) is 0 Å². The molecule has 0 atom stereocenters. The Balaban J connectivity index is 2.87. The van der Waals surface area contributed by atoms with Gasteiger partial charge in [-0.3, -0.25) is 9.63 Å². The second kappa shape index (κ2) is 8.38. The van der Waals surface area contributed by atoms with Gasteiger partial charge < -0.3 is 4.74 Å². The molecular weight excluding hydrogens is 301 g/mol. The van der Waals surface area contributed by atoms with Crippen LogP contribution in [0.15, 0.2) is 29.4 Å². The summed E-state index contributed by atoms with van der Waals surface area (Å²) in [6.07, 6.45) is -3.34. The summed E-state index contributed by atoms with van der Waals surface area (Å²) in [5.74, 6) is -0.480. The minimum absolute atomic E-state index is 0.101. The van der Waals surface area contributed by atoms with E-state index < -0.39 is 17.7 Å². The van der Waals surface area contributed by atoms with E-state index in [0.717, 1.165) is 17.3 Å². The molecule has 1 aromatic rings. The zero-order valence-electron chi connectivity index (χ0n) is 12.3. The average Bonchev–Trinajstić information content (AvgIpc) is 2.46. The first-order valence-corrected chi connectivity index (χ1v) is 6.66. The van der Waals surface area contributed by atoms with Crippen LogP contribution in [0, 0.1) is 0 Å². The van der Waals surface area contributed by atoms with Crippen molar-refractivity contribution in [3.8, 4) is 0 Å². The summed E-state index contributed by atoms with van der Waals surface area (Å²) in [5, 5.41) is 4.79. The lowest BCUT2D eigenvalue weighted by Crippen LogP contribution is -2.18. The maximum atomic E-state index is 12.7. The summed E-state index contributed by atoms with van der Waals surface area (Å²) in [4.78, 5) is 16.3. The van der Waals surface area contributed by atoms with Crippen LogP contribution in [0.2, 0.25) is 0 Å². The monoisotopic (exact) mass is 318 g/mol. The molecule has 1 rings (SSSR count). The molecule has 0 aliphatic carbocycles. The molecule has 0 spiro atoms. The third-order valence-electron chi connectivity index (χ3n) is 2.40. The number of ether oxygens (including phenoxy) is 1. The van der Waals surface area contributed by atoms with Crippen LogP contribution in [-0.2, 0) is 20.5 Å². The van der Waals surface area contributed by atoms with Gasteiger partial charge >= 0.3 is 12.1 Å². The van der Waals surface area contributed by atoms with Gasteiger partial charge in [0.15, 0.2) is 0 Å². The number of anilines is 1. The molecule has 0 fully saturated rings. The lowest BCUT2D eigenvalue weighted by atomic mass is 10.2. The van der Waals surface area contributed by atoms with Crippen molar-refractivity contribution in [2.24, 2.45) is 5.10 Å². The molecular formula is C14H17F3N2O3. The predicted molar refractivity (Wildman–Crippen MR) is 75.3 cm³/mol. The van der Waals surface area contributed by atoms with Crippen LogP contribution in [0.3, 0.4) is 0 Å². The van der Waals surface area contributed by atoms with Crippen LogP contribution in [-0.4, -0.2) is 25.4 Å². The van der Waals surface area contributed by atoms with E-state index in [0.29, 0.717) is 0 Å². The summed E-state index contributed by atoms with van der Waals surface area (Å²) in [5.41, 5.74) is -0.702. The quantitative estimate of drug-likeness (QED) is 0.439. The van der Waals surface area contributed by atoms with Gasteiger partial charge in [0.2, 0.25) is 0 Å². The zero-order valence-corrected chi connectivity index (χ0v) is 12.3. The van der Waals surface area contributed by atoms with E-state index in [4.69, 9.17) is 9.57 Å². The highest BCUT2D eigenvalue weighted by molar-refractivity contribution is 5.86. The largest absolute Gasteiger partial charge is 0.466 e. The van der Waals surface area contributed by atoms with Crippen LogP contribution in [0.5, 0.6) is 0 Å². The topological polar surface area (TPSA) is 51.1 Å². The highest BCUT2D eigenvalue weighted by Gasteiger charge is 2.30. The third-order valence-corrected chi connectivity index (χ3v) is 2.40. The zero-order chi connectivity index (χ0) is 16.6. The Bertz CT molecular complexity index is 518. The van der Waals surface area contributed by atoms with E-state index in [1.165, 1.54) is 18.3 Å². The number of alkyl halides is 3. The molecule has 0 heterocycles. The van der Waals surface area contributed by atoms with Crippen molar-refractivity contribution in [3.05, 3.63) is 29.8 Å². The van der Waals surface area contributed by atoms with Gasteiger partial charge in [-0.25, -0.2) is 0 Å². The molecule has 0 aliphatic rings. The number of benzene rings is 1. The third kappa shape index (κ3) is 5.72. The average molecular weight is 318 g/mol. The van der Waals surface area contributed by atoms with Gasteiger partial charge in [-0.05, 0) is 32.0 Å². The van der Waals surface area contributed by atoms with E-state index in [9.17, 15) is 18.0 Å². The van der Waals surface area contributed by atoms with Gasteiger partial charge in [0.05, 0.1) is 30.9 Å². The fourth-order valence-electron chi connectivity index (χ4n) is 1.51. The molecule has 0 aromatic heterocycles. The summed E-state index contributed by atoms with van der Waals surface area (Å²) in [6.45, 7) is 3.79. The van der Waals surface area contributed by atoms with Crippen LogP contribution in [0.25, 0.3) is 0 Å². The van der Waals surface area contributed by atoms with Crippen molar-refractivity contribution in [1.29, 1.82) is 0 Å². The Morgan fingerprint density at radius 1 is 1.32 bits per heavy atom. The van der Waals surface area contributed by atoms with Crippen molar-refractivity contribution in [2.75, 3.05) is 18.4 Å². The summed E-state index contributed by atoms with van der Waals surface area (Å²) in [6, 6.07) is 4.55. The molecule has 0 amide bonds. The number of hydrogen-bond donors (Lipinski definition) is 0. The molecule has 0 saturated carbocycles. The maximum Gasteiger partial charge on any atom is 0.416 e. The minimum Gasteiger partial charge on any atom is -0.466 e. The summed E-state index contributed by atoms with van der Waals surface area (Å²) >= 11 is 0.